The van der Waals surface area contributed by atoms with Gasteiger partial charge in [-0.2, -0.15) is 5.10 Å². The van der Waals surface area contributed by atoms with Crippen molar-refractivity contribution in [2.24, 2.45) is 0 Å². The quantitative estimate of drug-likeness (QED) is 0.389. The van der Waals surface area contributed by atoms with Gasteiger partial charge in [-0.1, -0.05) is 60.2 Å². The maximum atomic E-state index is 12.3. The standard InChI is InChI=1S/C27H27N3O4S/c1-19-12-14-25(15-13-19)35(32,33)29-27(31)34-17-16-22-8-7-11-24(18-22)30-21(3)26(20(2)28-30)23-9-5-4-6-10-23/h4-15,18H,16-17H2,1-3H3,(H,29,31). The number of sulfonamides is 1. The third kappa shape index (κ3) is 5.60. The van der Waals surface area contributed by atoms with Crippen LogP contribution in [0.2, 0.25) is 0 Å². The van der Waals surface area contributed by atoms with Gasteiger partial charge >= 0.3 is 6.09 Å². The summed E-state index contributed by atoms with van der Waals surface area (Å²) in [6.07, 6.45) is -0.579. The average Bonchev–Trinajstić information content (AvgIpc) is 3.13. The van der Waals surface area contributed by atoms with Gasteiger partial charge in [0.05, 0.1) is 22.9 Å². The lowest BCUT2D eigenvalue weighted by Gasteiger charge is -2.10. The Morgan fingerprint density at radius 2 is 1.66 bits per heavy atom. The largest absolute Gasteiger partial charge is 0.448 e. The molecule has 0 radical (unpaired) electrons. The van der Waals surface area contributed by atoms with Crippen LogP contribution in [0.25, 0.3) is 16.8 Å². The highest BCUT2D eigenvalue weighted by Crippen LogP contribution is 2.28. The number of benzene rings is 3. The van der Waals surface area contributed by atoms with E-state index in [2.05, 4.69) is 12.1 Å². The minimum atomic E-state index is -3.98. The molecular formula is C27H27N3O4S. The Bertz CT molecular complexity index is 1440. The van der Waals surface area contributed by atoms with Crippen molar-refractivity contribution < 1.29 is 17.9 Å². The molecule has 180 valence electrons. The van der Waals surface area contributed by atoms with E-state index >= 15 is 0 Å². The van der Waals surface area contributed by atoms with Gasteiger partial charge in [-0.05, 0) is 56.2 Å². The van der Waals surface area contributed by atoms with Crippen molar-refractivity contribution in [1.82, 2.24) is 14.5 Å². The van der Waals surface area contributed by atoms with Gasteiger partial charge in [-0.3, -0.25) is 0 Å². The van der Waals surface area contributed by atoms with Crippen LogP contribution in [0.15, 0.2) is 83.8 Å². The fraction of sp³-hybridized carbons (Fsp3) is 0.185. The molecule has 0 atom stereocenters. The summed E-state index contributed by atoms with van der Waals surface area (Å²) >= 11 is 0. The lowest BCUT2D eigenvalue weighted by molar-refractivity contribution is 0.154. The Morgan fingerprint density at radius 1 is 0.943 bits per heavy atom. The number of ether oxygens (including phenoxy) is 1. The molecule has 1 N–H and O–H groups in total. The van der Waals surface area contributed by atoms with Crippen molar-refractivity contribution in [2.45, 2.75) is 32.1 Å². The molecule has 0 fully saturated rings. The number of carbonyl (C=O) groups is 1. The first kappa shape index (κ1) is 24.2. The van der Waals surface area contributed by atoms with Gasteiger partial charge in [-0.15, -0.1) is 0 Å². The van der Waals surface area contributed by atoms with E-state index in [1.807, 2.05) is 72.6 Å². The van der Waals surface area contributed by atoms with E-state index in [0.29, 0.717) is 6.42 Å². The topological polar surface area (TPSA) is 90.3 Å². The third-order valence-corrected chi connectivity index (χ3v) is 7.01. The lowest BCUT2D eigenvalue weighted by atomic mass is 10.0. The summed E-state index contributed by atoms with van der Waals surface area (Å²) in [7, 11) is -3.98. The Hall–Kier alpha value is -3.91. The summed E-state index contributed by atoms with van der Waals surface area (Å²) in [5.41, 5.74) is 6.94. The van der Waals surface area contributed by atoms with E-state index in [-0.39, 0.29) is 11.5 Å². The van der Waals surface area contributed by atoms with E-state index < -0.39 is 16.1 Å². The predicted octanol–water partition coefficient (Wildman–Crippen LogP) is 5.12. The average molecular weight is 490 g/mol. The summed E-state index contributed by atoms with van der Waals surface area (Å²) in [5.74, 6) is 0. The zero-order valence-electron chi connectivity index (χ0n) is 19.9. The second-order valence-corrected chi connectivity index (χ2v) is 9.98. The summed E-state index contributed by atoms with van der Waals surface area (Å²) < 4.78 is 33.6. The maximum Gasteiger partial charge on any atom is 0.421 e. The highest BCUT2D eigenvalue weighted by molar-refractivity contribution is 7.90. The van der Waals surface area contributed by atoms with Gasteiger partial charge in [0.1, 0.15) is 0 Å². The molecule has 1 amide bonds. The van der Waals surface area contributed by atoms with Crippen LogP contribution in [-0.2, 0) is 21.2 Å². The number of nitrogens with zero attached hydrogens (tertiary/aromatic N) is 2. The summed E-state index contributed by atoms with van der Waals surface area (Å²) in [4.78, 5) is 12.1. The third-order valence-electron chi connectivity index (χ3n) is 5.68. The molecule has 4 aromatic rings. The molecule has 3 aromatic carbocycles. The molecule has 8 heteroatoms. The smallest absolute Gasteiger partial charge is 0.421 e. The highest BCUT2D eigenvalue weighted by atomic mass is 32.2. The molecule has 0 spiro atoms. The minimum absolute atomic E-state index is 0.00695. The van der Waals surface area contributed by atoms with Crippen LogP contribution in [0.4, 0.5) is 4.79 Å². The normalized spacial score (nSPS) is 11.3. The summed E-state index contributed by atoms with van der Waals surface area (Å²) in [6.45, 7) is 5.92. The second-order valence-electron chi connectivity index (χ2n) is 8.30. The van der Waals surface area contributed by atoms with Gasteiger partial charge in [0.15, 0.2) is 0 Å². The minimum Gasteiger partial charge on any atom is -0.448 e. The van der Waals surface area contributed by atoms with Gasteiger partial charge < -0.3 is 4.74 Å². The number of aromatic nitrogens is 2. The van der Waals surface area contributed by atoms with Crippen LogP contribution in [0.1, 0.15) is 22.5 Å². The van der Waals surface area contributed by atoms with Gasteiger partial charge in [0, 0.05) is 17.7 Å². The van der Waals surface area contributed by atoms with Crippen molar-refractivity contribution in [2.75, 3.05) is 6.61 Å². The van der Waals surface area contributed by atoms with Crippen LogP contribution >= 0.6 is 0 Å². The van der Waals surface area contributed by atoms with Crippen molar-refractivity contribution in [1.29, 1.82) is 0 Å². The number of amides is 1. The number of hydrogen-bond donors (Lipinski definition) is 1. The van der Waals surface area contributed by atoms with Crippen molar-refractivity contribution in [3.63, 3.8) is 0 Å². The zero-order valence-corrected chi connectivity index (χ0v) is 20.7. The molecule has 0 bridgehead atoms. The Kier molecular flexibility index (Phi) is 7.02. The van der Waals surface area contributed by atoms with E-state index in [4.69, 9.17) is 9.84 Å². The SMILES string of the molecule is Cc1ccc(S(=O)(=O)NC(=O)OCCc2cccc(-n3nc(C)c(-c4ccccc4)c3C)c2)cc1. The number of carbonyl (C=O) groups excluding carboxylic acids is 1. The van der Waals surface area contributed by atoms with Crippen LogP contribution < -0.4 is 4.72 Å². The van der Waals surface area contributed by atoms with Crippen LogP contribution in [-0.4, -0.2) is 30.9 Å². The van der Waals surface area contributed by atoms with Gasteiger partial charge in [-0.25, -0.2) is 22.6 Å². The first-order valence-corrected chi connectivity index (χ1v) is 12.7. The Balaban J connectivity index is 1.41. The molecule has 35 heavy (non-hydrogen) atoms. The van der Waals surface area contributed by atoms with Crippen LogP contribution in [0.3, 0.4) is 0 Å². The Morgan fingerprint density at radius 3 is 2.37 bits per heavy atom. The van der Waals surface area contributed by atoms with Gasteiger partial charge in [0.25, 0.3) is 10.0 Å². The van der Waals surface area contributed by atoms with E-state index in [9.17, 15) is 13.2 Å². The number of aryl methyl sites for hydroxylation is 2. The molecule has 4 rings (SSSR count). The lowest BCUT2D eigenvalue weighted by Crippen LogP contribution is -2.31. The summed E-state index contributed by atoms with van der Waals surface area (Å²) in [6, 6.07) is 24.2. The molecule has 1 heterocycles. The molecule has 0 aliphatic rings. The molecule has 0 unspecified atom stereocenters. The van der Waals surface area contributed by atoms with Crippen molar-refractivity contribution in [3.05, 3.63) is 101 Å². The van der Waals surface area contributed by atoms with Crippen molar-refractivity contribution >= 4 is 16.1 Å². The molecule has 0 saturated heterocycles. The van der Waals surface area contributed by atoms with Crippen LogP contribution in [0.5, 0.6) is 0 Å². The monoisotopic (exact) mass is 489 g/mol. The second kappa shape index (κ2) is 10.1. The fourth-order valence-corrected chi connectivity index (χ4v) is 4.83. The van der Waals surface area contributed by atoms with Crippen LogP contribution in [0, 0.1) is 20.8 Å². The molecule has 0 aliphatic heterocycles. The number of nitrogens with one attached hydrogen (secondary N) is 1. The van der Waals surface area contributed by atoms with E-state index in [1.165, 1.54) is 12.1 Å². The first-order valence-electron chi connectivity index (χ1n) is 11.2. The first-order chi connectivity index (χ1) is 16.7. The molecular weight excluding hydrogens is 462 g/mol. The molecule has 7 nitrogen and oxygen atoms in total. The Labute approximate surface area is 205 Å². The number of hydrogen-bond acceptors (Lipinski definition) is 5. The molecule has 0 saturated carbocycles. The van der Waals surface area contributed by atoms with E-state index in [1.54, 1.807) is 12.1 Å². The number of rotatable bonds is 7. The van der Waals surface area contributed by atoms with Gasteiger partial charge in [0.2, 0.25) is 0 Å². The highest BCUT2D eigenvalue weighted by Gasteiger charge is 2.18. The van der Waals surface area contributed by atoms with Crippen molar-refractivity contribution in [3.8, 4) is 16.8 Å². The summed E-state index contributed by atoms with van der Waals surface area (Å²) in [5, 5.41) is 4.74. The predicted molar refractivity (Wildman–Crippen MR) is 135 cm³/mol. The zero-order chi connectivity index (χ0) is 25.0. The maximum absolute atomic E-state index is 12.3. The molecule has 1 aromatic heterocycles. The molecule has 0 aliphatic carbocycles. The fourth-order valence-electron chi connectivity index (χ4n) is 3.94. The van der Waals surface area contributed by atoms with E-state index in [0.717, 1.165) is 39.3 Å².